The highest BCUT2D eigenvalue weighted by molar-refractivity contribution is 5.97. The van der Waals surface area contributed by atoms with Gasteiger partial charge in [0.15, 0.2) is 0 Å². The minimum absolute atomic E-state index is 0.137. The molecule has 2 unspecified atom stereocenters. The molecule has 1 amide bonds. The average Bonchev–Trinajstić information content (AvgIpc) is 2.46. The van der Waals surface area contributed by atoms with Gasteiger partial charge in [-0.15, -0.1) is 0 Å². The number of likely N-dealkylation sites (tertiary alicyclic amines) is 1. The highest BCUT2D eigenvalue weighted by Gasteiger charge is 2.43. The Labute approximate surface area is 127 Å². The Hall–Kier alpha value is -1.35. The number of hydrogen-bond acceptors (Lipinski definition) is 2. The van der Waals surface area contributed by atoms with Crippen LogP contribution in [-0.2, 0) is 0 Å². The van der Waals surface area contributed by atoms with Crippen LogP contribution in [0.1, 0.15) is 53.6 Å². The van der Waals surface area contributed by atoms with Crippen LogP contribution >= 0.6 is 0 Å². The SMILES string of the molecule is Cc1cccc(C)c1C(=O)N1CCC2(O)CCCCC2C1. The average molecular weight is 287 g/mol. The number of rotatable bonds is 1. The van der Waals surface area contributed by atoms with Crippen molar-refractivity contribution in [2.75, 3.05) is 13.1 Å². The highest BCUT2D eigenvalue weighted by atomic mass is 16.3. The molecule has 1 saturated heterocycles. The summed E-state index contributed by atoms with van der Waals surface area (Å²) in [5, 5.41) is 10.7. The fraction of sp³-hybridized carbons (Fsp3) is 0.611. The van der Waals surface area contributed by atoms with Gasteiger partial charge in [0.25, 0.3) is 5.91 Å². The number of benzene rings is 1. The molecule has 2 atom stereocenters. The van der Waals surface area contributed by atoms with Crippen LogP contribution in [0.2, 0.25) is 0 Å². The predicted octanol–water partition coefficient (Wildman–Crippen LogP) is 3.07. The maximum Gasteiger partial charge on any atom is 0.254 e. The van der Waals surface area contributed by atoms with Crippen LogP contribution in [0.25, 0.3) is 0 Å². The van der Waals surface area contributed by atoms with Gasteiger partial charge in [0.2, 0.25) is 0 Å². The van der Waals surface area contributed by atoms with Crippen LogP contribution in [0.5, 0.6) is 0 Å². The monoisotopic (exact) mass is 287 g/mol. The number of nitrogens with zero attached hydrogens (tertiary/aromatic N) is 1. The topological polar surface area (TPSA) is 40.5 Å². The van der Waals surface area contributed by atoms with Gasteiger partial charge in [0, 0.05) is 24.6 Å². The molecule has 2 fully saturated rings. The minimum Gasteiger partial charge on any atom is -0.389 e. The number of amides is 1. The van der Waals surface area contributed by atoms with E-state index in [1.807, 2.05) is 36.9 Å². The standard InChI is InChI=1S/C18H25NO2/c1-13-6-5-7-14(2)16(13)17(20)19-11-10-18(21)9-4-3-8-15(18)12-19/h5-7,15,21H,3-4,8-12H2,1-2H3. The van der Waals surface area contributed by atoms with Crippen LogP contribution in [0.15, 0.2) is 18.2 Å². The summed E-state index contributed by atoms with van der Waals surface area (Å²) in [6.07, 6.45) is 4.99. The number of carbonyl (C=O) groups is 1. The summed E-state index contributed by atoms with van der Waals surface area (Å²) in [6, 6.07) is 6.00. The maximum atomic E-state index is 12.9. The zero-order chi connectivity index (χ0) is 15.0. The normalized spacial score (nSPS) is 29.1. The number of aryl methyl sites for hydroxylation is 2. The molecule has 21 heavy (non-hydrogen) atoms. The first-order valence-corrected chi connectivity index (χ1v) is 8.09. The molecule has 0 spiro atoms. The first-order valence-electron chi connectivity index (χ1n) is 8.09. The zero-order valence-corrected chi connectivity index (χ0v) is 13.1. The van der Waals surface area contributed by atoms with Crippen molar-refractivity contribution in [3.05, 3.63) is 34.9 Å². The van der Waals surface area contributed by atoms with Crippen molar-refractivity contribution in [1.29, 1.82) is 0 Å². The third-order valence-corrected chi connectivity index (χ3v) is 5.41. The van der Waals surface area contributed by atoms with Crippen LogP contribution < -0.4 is 0 Å². The molecule has 1 aliphatic carbocycles. The summed E-state index contributed by atoms with van der Waals surface area (Å²) in [6.45, 7) is 5.39. The Morgan fingerprint density at radius 1 is 1.24 bits per heavy atom. The summed E-state index contributed by atoms with van der Waals surface area (Å²) in [5.41, 5.74) is 2.42. The molecule has 3 rings (SSSR count). The van der Waals surface area contributed by atoms with Crippen molar-refractivity contribution >= 4 is 5.91 Å². The molecule has 0 aromatic heterocycles. The summed E-state index contributed by atoms with van der Waals surface area (Å²) < 4.78 is 0. The Bertz CT molecular complexity index is 534. The van der Waals surface area contributed by atoms with Gasteiger partial charge >= 0.3 is 0 Å². The van der Waals surface area contributed by atoms with Gasteiger partial charge in [-0.25, -0.2) is 0 Å². The quantitative estimate of drug-likeness (QED) is 0.862. The van der Waals surface area contributed by atoms with E-state index in [0.29, 0.717) is 13.1 Å². The van der Waals surface area contributed by atoms with E-state index in [-0.39, 0.29) is 11.8 Å². The predicted molar refractivity (Wildman–Crippen MR) is 83.3 cm³/mol. The molecule has 1 aliphatic heterocycles. The fourth-order valence-corrected chi connectivity index (χ4v) is 4.07. The third-order valence-electron chi connectivity index (χ3n) is 5.41. The Kier molecular flexibility index (Phi) is 3.78. The molecule has 3 nitrogen and oxygen atoms in total. The van der Waals surface area contributed by atoms with Crippen molar-refractivity contribution in [3.63, 3.8) is 0 Å². The van der Waals surface area contributed by atoms with E-state index in [1.165, 1.54) is 6.42 Å². The number of fused-ring (bicyclic) bond motifs is 1. The second-order valence-electron chi connectivity index (χ2n) is 6.81. The molecule has 2 aliphatic rings. The number of carbonyl (C=O) groups excluding carboxylic acids is 1. The number of aliphatic hydroxyl groups is 1. The van der Waals surface area contributed by atoms with Crippen LogP contribution in [-0.4, -0.2) is 34.6 Å². The van der Waals surface area contributed by atoms with Gasteiger partial charge in [-0.05, 0) is 44.2 Å². The van der Waals surface area contributed by atoms with Gasteiger partial charge in [-0.2, -0.15) is 0 Å². The van der Waals surface area contributed by atoms with Gasteiger partial charge < -0.3 is 10.0 Å². The van der Waals surface area contributed by atoms with E-state index in [9.17, 15) is 9.90 Å². The minimum atomic E-state index is -0.518. The van der Waals surface area contributed by atoms with Gasteiger partial charge in [-0.3, -0.25) is 4.79 Å². The molecule has 0 bridgehead atoms. The van der Waals surface area contributed by atoms with E-state index < -0.39 is 5.60 Å². The van der Waals surface area contributed by atoms with Crippen LogP contribution in [0.4, 0.5) is 0 Å². The second kappa shape index (κ2) is 5.45. The molecular weight excluding hydrogens is 262 g/mol. The fourth-order valence-electron chi connectivity index (χ4n) is 4.07. The molecule has 1 aromatic carbocycles. The van der Waals surface area contributed by atoms with Crippen LogP contribution in [0.3, 0.4) is 0 Å². The molecule has 1 N–H and O–H groups in total. The van der Waals surface area contributed by atoms with Gasteiger partial charge in [0.05, 0.1) is 5.60 Å². The lowest BCUT2D eigenvalue weighted by molar-refractivity contribution is -0.0886. The Morgan fingerprint density at radius 3 is 2.67 bits per heavy atom. The van der Waals surface area contributed by atoms with Crippen molar-refractivity contribution in [2.45, 2.75) is 51.6 Å². The molecule has 1 saturated carbocycles. The van der Waals surface area contributed by atoms with Gasteiger partial charge in [-0.1, -0.05) is 31.0 Å². The summed E-state index contributed by atoms with van der Waals surface area (Å²) in [5.74, 6) is 0.395. The molecule has 1 aromatic rings. The van der Waals surface area contributed by atoms with Crippen molar-refractivity contribution in [3.8, 4) is 0 Å². The molecule has 1 heterocycles. The summed E-state index contributed by atoms with van der Waals surface area (Å²) in [7, 11) is 0. The highest BCUT2D eigenvalue weighted by Crippen LogP contribution is 2.40. The first-order chi connectivity index (χ1) is 10.0. The molecule has 114 valence electrons. The largest absolute Gasteiger partial charge is 0.389 e. The van der Waals surface area contributed by atoms with E-state index in [2.05, 4.69) is 0 Å². The Balaban J connectivity index is 1.81. The van der Waals surface area contributed by atoms with E-state index in [0.717, 1.165) is 42.4 Å². The lowest BCUT2D eigenvalue weighted by Gasteiger charge is -2.47. The second-order valence-corrected chi connectivity index (χ2v) is 6.81. The molecule has 3 heteroatoms. The van der Waals surface area contributed by atoms with E-state index >= 15 is 0 Å². The number of piperidine rings is 1. The summed E-state index contributed by atoms with van der Waals surface area (Å²) in [4.78, 5) is 14.8. The third kappa shape index (κ3) is 2.59. The number of hydrogen-bond donors (Lipinski definition) is 1. The Morgan fingerprint density at radius 2 is 1.95 bits per heavy atom. The van der Waals surface area contributed by atoms with Gasteiger partial charge in [0.1, 0.15) is 0 Å². The molecule has 0 radical (unpaired) electrons. The lowest BCUT2D eigenvalue weighted by Crippen LogP contribution is -2.54. The van der Waals surface area contributed by atoms with Crippen molar-refractivity contribution in [2.24, 2.45) is 5.92 Å². The molecular formula is C18H25NO2. The first kappa shape index (κ1) is 14.6. The van der Waals surface area contributed by atoms with E-state index in [1.54, 1.807) is 0 Å². The maximum absolute atomic E-state index is 12.9. The zero-order valence-electron chi connectivity index (χ0n) is 13.1. The summed E-state index contributed by atoms with van der Waals surface area (Å²) >= 11 is 0. The van der Waals surface area contributed by atoms with E-state index in [4.69, 9.17) is 0 Å². The van der Waals surface area contributed by atoms with Crippen LogP contribution in [0, 0.1) is 19.8 Å². The lowest BCUT2D eigenvalue weighted by atomic mass is 9.71. The van der Waals surface area contributed by atoms with Crippen molar-refractivity contribution in [1.82, 2.24) is 4.90 Å². The smallest absolute Gasteiger partial charge is 0.254 e. The van der Waals surface area contributed by atoms with Crippen molar-refractivity contribution < 1.29 is 9.90 Å².